The minimum Gasteiger partial charge on any atom is -0.359 e. The van der Waals surface area contributed by atoms with Crippen LogP contribution in [0.4, 0.5) is 0 Å². The Morgan fingerprint density at radius 2 is 2.21 bits per heavy atom. The smallest absolute Gasteiger partial charge is 0.158 e. The molecule has 0 bridgehead atoms. The first-order chi connectivity index (χ1) is 9.36. The van der Waals surface area contributed by atoms with Gasteiger partial charge in [-0.1, -0.05) is 30.3 Å². The van der Waals surface area contributed by atoms with E-state index in [2.05, 4.69) is 34.6 Å². The molecule has 0 radical (unpaired) electrons. The van der Waals surface area contributed by atoms with Crippen molar-refractivity contribution in [2.24, 2.45) is 0 Å². The molecule has 1 N–H and O–H groups in total. The van der Waals surface area contributed by atoms with E-state index in [0.717, 1.165) is 35.4 Å². The molecule has 3 aromatic rings. The molecule has 2 heterocycles. The van der Waals surface area contributed by atoms with E-state index in [0.29, 0.717) is 6.54 Å². The summed E-state index contributed by atoms with van der Waals surface area (Å²) in [4.78, 5) is 0. The lowest BCUT2D eigenvalue weighted by Gasteiger charge is -1.99. The Labute approximate surface area is 111 Å². The van der Waals surface area contributed by atoms with Gasteiger partial charge in [-0.05, 0) is 12.6 Å². The van der Waals surface area contributed by atoms with Gasteiger partial charge in [-0.25, -0.2) is 0 Å². The summed E-state index contributed by atoms with van der Waals surface area (Å²) < 4.78 is 7.26. The molecule has 0 aliphatic rings. The highest BCUT2D eigenvalue weighted by molar-refractivity contribution is 5.78. The van der Waals surface area contributed by atoms with Crippen molar-refractivity contribution in [3.05, 3.63) is 48.0 Å². The predicted molar refractivity (Wildman–Crippen MR) is 72.7 cm³/mol. The fraction of sp³-hybridized carbons (Fsp3) is 0.286. The predicted octanol–water partition coefficient (Wildman–Crippen LogP) is 2.18. The number of benzene rings is 1. The molecule has 2 aromatic heterocycles. The largest absolute Gasteiger partial charge is 0.359 e. The molecular weight excluding hydrogens is 240 g/mol. The maximum atomic E-state index is 5.33. The first-order valence-electron chi connectivity index (χ1n) is 6.42. The number of nitrogens with zero attached hydrogens (tertiary/aromatic N) is 3. The van der Waals surface area contributed by atoms with E-state index >= 15 is 0 Å². The number of para-hydroxylation sites is 1. The Balaban J connectivity index is 1.79. The highest BCUT2D eigenvalue weighted by Crippen LogP contribution is 2.14. The molecular formula is C14H16N4O. The van der Waals surface area contributed by atoms with Crippen LogP contribution in [0, 0.1) is 0 Å². The van der Waals surface area contributed by atoms with E-state index in [1.54, 1.807) is 0 Å². The maximum absolute atomic E-state index is 5.33. The van der Waals surface area contributed by atoms with Crippen LogP contribution in [0.3, 0.4) is 0 Å². The van der Waals surface area contributed by atoms with E-state index in [9.17, 15) is 0 Å². The zero-order chi connectivity index (χ0) is 13.1. The molecule has 3 rings (SSSR count). The number of aromatic nitrogens is 3. The Kier molecular flexibility index (Phi) is 3.29. The lowest BCUT2D eigenvalue weighted by Crippen LogP contribution is -2.11. The zero-order valence-corrected chi connectivity index (χ0v) is 10.8. The number of rotatable bonds is 5. The van der Waals surface area contributed by atoms with Crippen molar-refractivity contribution < 1.29 is 4.52 Å². The topological polar surface area (TPSA) is 55.9 Å². The second kappa shape index (κ2) is 5.24. The van der Waals surface area contributed by atoms with Gasteiger partial charge in [-0.3, -0.25) is 4.68 Å². The van der Waals surface area contributed by atoms with Crippen LogP contribution in [0.2, 0.25) is 0 Å². The van der Waals surface area contributed by atoms with Gasteiger partial charge >= 0.3 is 0 Å². The number of fused-ring (bicyclic) bond motifs is 1. The van der Waals surface area contributed by atoms with Gasteiger partial charge in [0.2, 0.25) is 0 Å². The molecule has 5 heteroatoms. The first-order valence-corrected chi connectivity index (χ1v) is 6.42. The average molecular weight is 256 g/mol. The van der Waals surface area contributed by atoms with Crippen LogP contribution in [-0.4, -0.2) is 21.5 Å². The van der Waals surface area contributed by atoms with Crippen molar-refractivity contribution >= 4 is 10.9 Å². The third-order valence-electron chi connectivity index (χ3n) is 3.02. The SMILES string of the molecule is CCNCc1cc(Cn2ncc3ccccc32)on1. The number of hydrogen-bond acceptors (Lipinski definition) is 4. The Morgan fingerprint density at radius 1 is 1.32 bits per heavy atom. The molecule has 0 fully saturated rings. The van der Waals surface area contributed by atoms with Crippen LogP contribution < -0.4 is 5.32 Å². The summed E-state index contributed by atoms with van der Waals surface area (Å²) in [7, 11) is 0. The molecule has 0 saturated carbocycles. The summed E-state index contributed by atoms with van der Waals surface area (Å²) >= 11 is 0. The lowest BCUT2D eigenvalue weighted by atomic mass is 10.2. The fourth-order valence-corrected chi connectivity index (χ4v) is 2.07. The van der Waals surface area contributed by atoms with Gasteiger partial charge in [0.05, 0.1) is 17.4 Å². The second-order valence-electron chi connectivity index (χ2n) is 4.43. The maximum Gasteiger partial charge on any atom is 0.158 e. The fourth-order valence-electron chi connectivity index (χ4n) is 2.07. The molecule has 0 amide bonds. The summed E-state index contributed by atoms with van der Waals surface area (Å²) in [6.45, 7) is 4.33. The second-order valence-corrected chi connectivity index (χ2v) is 4.43. The highest BCUT2D eigenvalue weighted by atomic mass is 16.5. The Bertz CT molecular complexity index is 671. The first kappa shape index (κ1) is 11.9. The van der Waals surface area contributed by atoms with Crippen LogP contribution in [0.5, 0.6) is 0 Å². The van der Waals surface area contributed by atoms with E-state index in [4.69, 9.17) is 4.52 Å². The van der Waals surface area contributed by atoms with Crippen LogP contribution in [0.15, 0.2) is 41.1 Å². The zero-order valence-electron chi connectivity index (χ0n) is 10.8. The number of nitrogens with one attached hydrogen (secondary N) is 1. The van der Waals surface area contributed by atoms with Crippen LogP contribution in [0.25, 0.3) is 10.9 Å². The molecule has 0 spiro atoms. The van der Waals surface area contributed by atoms with Crippen LogP contribution >= 0.6 is 0 Å². The van der Waals surface area contributed by atoms with Gasteiger partial charge in [0.1, 0.15) is 6.54 Å². The quantitative estimate of drug-likeness (QED) is 0.760. The summed E-state index contributed by atoms with van der Waals surface area (Å²) in [6.07, 6.45) is 1.87. The highest BCUT2D eigenvalue weighted by Gasteiger charge is 2.07. The summed E-state index contributed by atoms with van der Waals surface area (Å²) in [5.74, 6) is 0.821. The lowest BCUT2D eigenvalue weighted by molar-refractivity contribution is 0.366. The summed E-state index contributed by atoms with van der Waals surface area (Å²) in [5.41, 5.74) is 2.03. The van der Waals surface area contributed by atoms with Gasteiger partial charge in [-0.15, -0.1) is 0 Å². The molecule has 5 nitrogen and oxygen atoms in total. The molecule has 0 aliphatic carbocycles. The molecule has 0 saturated heterocycles. The van der Waals surface area contributed by atoms with Crippen LogP contribution in [-0.2, 0) is 13.1 Å². The van der Waals surface area contributed by atoms with Gasteiger partial charge in [0.25, 0.3) is 0 Å². The van der Waals surface area contributed by atoms with Gasteiger partial charge in [-0.2, -0.15) is 5.10 Å². The van der Waals surface area contributed by atoms with Crippen molar-refractivity contribution in [1.82, 2.24) is 20.3 Å². The Morgan fingerprint density at radius 3 is 3.11 bits per heavy atom. The Hall–Kier alpha value is -2.14. The van der Waals surface area contributed by atoms with Gasteiger partial charge < -0.3 is 9.84 Å². The number of hydrogen-bond donors (Lipinski definition) is 1. The van der Waals surface area contributed by atoms with E-state index in [1.807, 2.05) is 29.1 Å². The van der Waals surface area contributed by atoms with E-state index in [1.165, 1.54) is 0 Å². The third-order valence-corrected chi connectivity index (χ3v) is 3.02. The van der Waals surface area contributed by atoms with Crippen molar-refractivity contribution in [3.63, 3.8) is 0 Å². The van der Waals surface area contributed by atoms with Crippen LogP contribution in [0.1, 0.15) is 18.4 Å². The van der Waals surface area contributed by atoms with Crippen molar-refractivity contribution in [3.8, 4) is 0 Å². The van der Waals surface area contributed by atoms with E-state index < -0.39 is 0 Å². The molecule has 1 aromatic carbocycles. The van der Waals surface area contributed by atoms with Crippen molar-refractivity contribution in [2.45, 2.75) is 20.0 Å². The van der Waals surface area contributed by atoms with E-state index in [-0.39, 0.29) is 0 Å². The summed E-state index contributed by atoms with van der Waals surface area (Å²) in [5, 5.41) is 12.8. The minimum absolute atomic E-state index is 0.604. The normalized spacial score (nSPS) is 11.2. The molecule has 0 aliphatic heterocycles. The summed E-state index contributed by atoms with van der Waals surface area (Å²) in [6, 6.07) is 10.1. The third kappa shape index (κ3) is 2.51. The molecule has 19 heavy (non-hydrogen) atoms. The van der Waals surface area contributed by atoms with Gasteiger partial charge in [0.15, 0.2) is 5.76 Å². The molecule has 98 valence electrons. The minimum atomic E-state index is 0.604. The van der Waals surface area contributed by atoms with Crippen molar-refractivity contribution in [2.75, 3.05) is 6.54 Å². The molecule has 0 unspecified atom stereocenters. The molecule has 0 atom stereocenters. The average Bonchev–Trinajstić information content (AvgIpc) is 3.05. The van der Waals surface area contributed by atoms with Crippen molar-refractivity contribution in [1.29, 1.82) is 0 Å². The monoisotopic (exact) mass is 256 g/mol. The standard InChI is InChI=1S/C14H16N4O/c1-2-15-9-12-7-13(19-17-12)10-18-14-6-4-3-5-11(14)8-16-18/h3-8,15H,2,9-10H2,1H3. The van der Waals surface area contributed by atoms with Gasteiger partial charge in [0, 0.05) is 18.0 Å².